The second-order valence-electron chi connectivity index (χ2n) is 4.87. The highest BCUT2D eigenvalue weighted by Gasteiger charge is 2.10. The smallest absolute Gasteiger partial charge is 0.439 e. The maximum atomic E-state index is 11.6. The van der Waals surface area contributed by atoms with Crippen LogP contribution in [0.4, 0.5) is 0 Å². The van der Waals surface area contributed by atoms with Crippen LogP contribution in [0, 0.1) is 0 Å². The number of rotatable bonds is 5. The third-order valence-corrected chi connectivity index (χ3v) is 3.44. The first-order valence-electron chi connectivity index (χ1n) is 7.22. The molecule has 0 N–H and O–H groups in total. The first-order valence-corrected chi connectivity index (χ1v) is 7.22. The zero-order chi connectivity index (χ0) is 15.4. The van der Waals surface area contributed by atoms with E-state index in [0.29, 0.717) is 24.4 Å². The van der Waals surface area contributed by atoms with Crippen LogP contribution in [-0.2, 0) is 12.8 Å². The molecule has 5 nitrogen and oxygen atoms in total. The van der Waals surface area contributed by atoms with Crippen molar-refractivity contribution in [2.45, 2.75) is 19.8 Å². The lowest BCUT2D eigenvalue weighted by Crippen LogP contribution is -2.09. The number of hydrogen-bond donors (Lipinski definition) is 0. The molecule has 0 saturated carbocycles. The van der Waals surface area contributed by atoms with E-state index in [0.717, 1.165) is 23.1 Å². The Balaban J connectivity index is 1.85. The Labute approximate surface area is 127 Å². The highest BCUT2D eigenvalue weighted by atomic mass is 16.5. The Morgan fingerprint density at radius 2 is 2.00 bits per heavy atom. The Kier molecular flexibility index (Phi) is 4.14. The highest BCUT2D eigenvalue weighted by Crippen LogP contribution is 2.26. The van der Waals surface area contributed by atoms with Crippen LogP contribution in [0.25, 0.3) is 11.0 Å². The van der Waals surface area contributed by atoms with Gasteiger partial charge in [-0.1, -0.05) is 13.0 Å². The van der Waals surface area contributed by atoms with Crippen LogP contribution in [0.5, 0.6) is 5.75 Å². The van der Waals surface area contributed by atoms with Crippen molar-refractivity contribution in [1.29, 1.82) is 0 Å². The molecular formula is C17H16N2O3. The quantitative estimate of drug-likeness (QED) is 0.724. The number of aryl methyl sites for hydroxylation is 1. The second-order valence-corrected chi connectivity index (χ2v) is 4.87. The number of pyridine rings is 1. The Bertz CT molecular complexity index is 828. The van der Waals surface area contributed by atoms with Gasteiger partial charge in [0, 0.05) is 24.2 Å². The van der Waals surface area contributed by atoms with Gasteiger partial charge < -0.3 is 9.15 Å². The van der Waals surface area contributed by atoms with Crippen LogP contribution >= 0.6 is 0 Å². The molecule has 0 radical (unpaired) electrons. The fourth-order valence-corrected chi connectivity index (χ4v) is 2.34. The minimum atomic E-state index is -0.588. The zero-order valence-corrected chi connectivity index (χ0v) is 12.3. The van der Waals surface area contributed by atoms with Gasteiger partial charge in [-0.25, -0.2) is 4.79 Å². The lowest BCUT2D eigenvalue weighted by molar-refractivity contribution is 0.318. The van der Waals surface area contributed by atoms with Crippen LogP contribution < -0.4 is 10.5 Å². The van der Waals surface area contributed by atoms with Gasteiger partial charge in [-0.05, 0) is 36.2 Å². The number of hydrogen-bond acceptors (Lipinski definition) is 5. The van der Waals surface area contributed by atoms with Crippen molar-refractivity contribution in [3.8, 4) is 5.75 Å². The summed E-state index contributed by atoms with van der Waals surface area (Å²) in [5.41, 5.74) is 2.34. The zero-order valence-electron chi connectivity index (χ0n) is 12.3. The van der Waals surface area contributed by atoms with Crippen LogP contribution in [0.3, 0.4) is 0 Å². The molecule has 2 aromatic heterocycles. The number of ether oxygens (including phenoxy) is 1. The SMILES string of the molecule is CCc1nc(=O)oc2c(OCCc3ccncc3)cccc12. The van der Waals surface area contributed by atoms with Crippen LogP contribution in [0.2, 0.25) is 0 Å². The fraction of sp³-hybridized carbons (Fsp3) is 0.235. The first-order chi connectivity index (χ1) is 10.8. The number of nitrogens with zero attached hydrogens (tertiary/aromatic N) is 2. The molecule has 0 aliphatic rings. The van der Waals surface area contributed by atoms with Crippen molar-refractivity contribution in [3.63, 3.8) is 0 Å². The van der Waals surface area contributed by atoms with Gasteiger partial charge in [-0.2, -0.15) is 4.98 Å². The fourth-order valence-electron chi connectivity index (χ4n) is 2.34. The molecule has 0 aliphatic carbocycles. The number of para-hydroxylation sites is 1. The Morgan fingerprint density at radius 3 is 2.77 bits per heavy atom. The summed E-state index contributed by atoms with van der Waals surface area (Å²) in [5, 5.41) is 0.823. The molecule has 0 atom stereocenters. The van der Waals surface area contributed by atoms with E-state index in [1.165, 1.54) is 0 Å². The van der Waals surface area contributed by atoms with Gasteiger partial charge >= 0.3 is 5.76 Å². The molecule has 0 fully saturated rings. The third-order valence-electron chi connectivity index (χ3n) is 3.44. The first kappa shape index (κ1) is 14.3. The topological polar surface area (TPSA) is 65.2 Å². The lowest BCUT2D eigenvalue weighted by Gasteiger charge is -2.09. The van der Waals surface area contributed by atoms with Gasteiger partial charge in [-0.3, -0.25) is 4.98 Å². The summed E-state index contributed by atoms with van der Waals surface area (Å²) in [7, 11) is 0. The normalized spacial score (nSPS) is 10.8. The molecule has 0 aliphatic heterocycles. The molecule has 5 heteroatoms. The van der Waals surface area contributed by atoms with E-state index in [2.05, 4.69) is 9.97 Å². The van der Waals surface area contributed by atoms with Gasteiger partial charge in [0.15, 0.2) is 11.3 Å². The van der Waals surface area contributed by atoms with E-state index in [1.807, 2.05) is 31.2 Å². The van der Waals surface area contributed by atoms with Gasteiger partial charge in [0.1, 0.15) is 0 Å². The van der Waals surface area contributed by atoms with Crippen LogP contribution in [0.15, 0.2) is 51.9 Å². The van der Waals surface area contributed by atoms with Gasteiger partial charge in [-0.15, -0.1) is 0 Å². The maximum absolute atomic E-state index is 11.6. The predicted molar refractivity (Wildman–Crippen MR) is 83.1 cm³/mol. The molecule has 0 spiro atoms. The molecule has 22 heavy (non-hydrogen) atoms. The third kappa shape index (κ3) is 2.98. The Morgan fingerprint density at radius 1 is 1.18 bits per heavy atom. The lowest BCUT2D eigenvalue weighted by atomic mass is 10.1. The second kappa shape index (κ2) is 6.39. The molecule has 0 amide bonds. The molecular weight excluding hydrogens is 280 g/mol. The summed E-state index contributed by atoms with van der Waals surface area (Å²) in [6, 6.07) is 9.47. The molecule has 0 unspecified atom stereocenters. The predicted octanol–water partition coefficient (Wildman–Crippen LogP) is 2.77. The minimum Gasteiger partial charge on any atom is -0.489 e. The monoisotopic (exact) mass is 296 g/mol. The average Bonchev–Trinajstić information content (AvgIpc) is 2.55. The minimum absolute atomic E-state index is 0.467. The summed E-state index contributed by atoms with van der Waals surface area (Å²) in [5.74, 6) is -0.0183. The van der Waals surface area contributed by atoms with Crippen LogP contribution in [-0.4, -0.2) is 16.6 Å². The van der Waals surface area contributed by atoms with Crippen molar-refractivity contribution in [2.24, 2.45) is 0 Å². The van der Waals surface area contributed by atoms with E-state index >= 15 is 0 Å². The molecule has 2 heterocycles. The van der Waals surface area contributed by atoms with Gasteiger partial charge in [0.05, 0.1) is 12.3 Å². The average molecular weight is 296 g/mol. The standard InChI is InChI=1S/C17H16N2O3/c1-2-14-13-4-3-5-15(16(13)22-17(20)19-14)21-11-8-12-6-9-18-10-7-12/h3-7,9-10H,2,8,11H2,1H3. The Hall–Kier alpha value is -2.69. The van der Waals surface area contributed by atoms with Crippen molar-refractivity contribution in [2.75, 3.05) is 6.61 Å². The number of benzene rings is 1. The van der Waals surface area contributed by atoms with Crippen molar-refractivity contribution in [3.05, 3.63) is 64.5 Å². The van der Waals surface area contributed by atoms with Crippen molar-refractivity contribution < 1.29 is 9.15 Å². The van der Waals surface area contributed by atoms with Gasteiger partial charge in [0.2, 0.25) is 0 Å². The summed E-state index contributed by atoms with van der Waals surface area (Å²) >= 11 is 0. The summed E-state index contributed by atoms with van der Waals surface area (Å²) in [6.45, 7) is 2.45. The maximum Gasteiger partial charge on any atom is 0.439 e. The van der Waals surface area contributed by atoms with Gasteiger partial charge in [0.25, 0.3) is 0 Å². The van der Waals surface area contributed by atoms with Crippen molar-refractivity contribution in [1.82, 2.24) is 9.97 Å². The molecule has 0 bridgehead atoms. The van der Waals surface area contributed by atoms with E-state index in [4.69, 9.17) is 9.15 Å². The summed E-state index contributed by atoms with van der Waals surface area (Å²) < 4.78 is 11.0. The summed E-state index contributed by atoms with van der Waals surface area (Å²) in [4.78, 5) is 19.5. The molecule has 3 aromatic rings. The van der Waals surface area contributed by atoms with E-state index in [1.54, 1.807) is 18.5 Å². The molecule has 3 rings (SSSR count). The molecule has 1 aromatic carbocycles. The number of aromatic nitrogens is 2. The van der Waals surface area contributed by atoms with Crippen LogP contribution in [0.1, 0.15) is 18.2 Å². The molecule has 0 saturated heterocycles. The molecule has 112 valence electrons. The largest absolute Gasteiger partial charge is 0.489 e. The highest BCUT2D eigenvalue weighted by molar-refractivity contribution is 5.84. The van der Waals surface area contributed by atoms with E-state index < -0.39 is 5.76 Å². The van der Waals surface area contributed by atoms with E-state index in [9.17, 15) is 4.79 Å². The summed E-state index contributed by atoms with van der Waals surface area (Å²) in [6.07, 6.45) is 4.94. The van der Waals surface area contributed by atoms with E-state index in [-0.39, 0.29) is 0 Å². The number of fused-ring (bicyclic) bond motifs is 1. The van der Waals surface area contributed by atoms with Crippen molar-refractivity contribution >= 4 is 11.0 Å².